The number of aromatic nitrogens is 4. The van der Waals surface area contributed by atoms with E-state index in [1.807, 2.05) is 41.3 Å². The third-order valence-electron chi connectivity index (χ3n) is 5.65. The van der Waals surface area contributed by atoms with Crippen molar-refractivity contribution < 1.29 is 4.79 Å². The Hall–Kier alpha value is -3.45. The van der Waals surface area contributed by atoms with Gasteiger partial charge in [0.2, 0.25) is 5.91 Å². The van der Waals surface area contributed by atoms with Crippen LogP contribution in [0.25, 0.3) is 11.4 Å². The van der Waals surface area contributed by atoms with Gasteiger partial charge < -0.3 is 4.90 Å². The maximum absolute atomic E-state index is 13.0. The Bertz CT molecular complexity index is 1210. The van der Waals surface area contributed by atoms with E-state index in [1.54, 1.807) is 12.4 Å². The maximum atomic E-state index is 13.0. The first-order valence-electron chi connectivity index (χ1n) is 10.6. The van der Waals surface area contributed by atoms with Crippen LogP contribution >= 0.6 is 11.8 Å². The van der Waals surface area contributed by atoms with Crippen molar-refractivity contribution in [3.05, 3.63) is 95.8 Å². The highest BCUT2D eigenvalue weighted by atomic mass is 32.2. The summed E-state index contributed by atoms with van der Waals surface area (Å²) in [5.41, 5.74) is 4.69. The van der Waals surface area contributed by atoms with Crippen LogP contribution in [0.15, 0.2) is 84.3 Å². The number of carbonyl (C=O) groups excluding carboxylic acids is 1. The molecule has 3 heterocycles. The molecule has 32 heavy (non-hydrogen) atoms. The monoisotopic (exact) mass is 441 g/mol. The van der Waals surface area contributed by atoms with E-state index in [0.717, 1.165) is 35.1 Å². The van der Waals surface area contributed by atoms with Crippen LogP contribution in [-0.2, 0) is 24.3 Å². The largest absolute Gasteiger partial charge is 0.337 e. The number of nitrogens with zero attached hydrogens (tertiary/aromatic N) is 5. The maximum Gasteiger partial charge on any atom is 0.233 e. The third-order valence-corrected chi connectivity index (χ3v) is 6.60. The van der Waals surface area contributed by atoms with Gasteiger partial charge in [-0.25, -0.2) is 0 Å². The summed E-state index contributed by atoms with van der Waals surface area (Å²) in [6, 6.07) is 22.4. The molecule has 0 saturated carbocycles. The van der Waals surface area contributed by atoms with Crippen molar-refractivity contribution in [1.82, 2.24) is 24.6 Å². The second-order valence-electron chi connectivity index (χ2n) is 7.74. The second-order valence-corrected chi connectivity index (χ2v) is 8.68. The van der Waals surface area contributed by atoms with Crippen LogP contribution in [0.2, 0.25) is 0 Å². The summed E-state index contributed by atoms with van der Waals surface area (Å²) >= 11 is 1.45. The third kappa shape index (κ3) is 4.43. The molecular weight excluding hydrogens is 418 g/mol. The van der Waals surface area contributed by atoms with Gasteiger partial charge in [-0.05, 0) is 35.2 Å². The normalized spacial score (nSPS) is 13.1. The van der Waals surface area contributed by atoms with Gasteiger partial charge in [-0.2, -0.15) is 0 Å². The van der Waals surface area contributed by atoms with Gasteiger partial charge in [0.15, 0.2) is 11.0 Å². The first-order chi connectivity index (χ1) is 15.8. The number of rotatable bonds is 6. The summed E-state index contributed by atoms with van der Waals surface area (Å²) in [4.78, 5) is 19.0. The fourth-order valence-electron chi connectivity index (χ4n) is 3.94. The van der Waals surface area contributed by atoms with Gasteiger partial charge in [0.05, 0.1) is 12.3 Å². The lowest BCUT2D eigenvalue weighted by atomic mass is 10.00. The van der Waals surface area contributed by atoms with E-state index in [1.165, 1.54) is 22.9 Å². The fourth-order valence-corrected chi connectivity index (χ4v) is 4.79. The molecule has 7 heteroatoms. The molecule has 0 spiro atoms. The zero-order chi connectivity index (χ0) is 21.8. The molecule has 6 nitrogen and oxygen atoms in total. The summed E-state index contributed by atoms with van der Waals surface area (Å²) in [7, 11) is 0. The summed E-state index contributed by atoms with van der Waals surface area (Å²) in [6.45, 7) is 2.07. The lowest BCUT2D eigenvalue weighted by Crippen LogP contribution is -2.37. The predicted octanol–water partition coefficient (Wildman–Crippen LogP) is 4.07. The Labute approximate surface area is 191 Å². The van der Waals surface area contributed by atoms with Crippen LogP contribution in [-0.4, -0.2) is 42.9 Å². The molecule has 0 fully saturated rings. The molecule has 1 aliphatic rings. The van der Waals surface area contributed by atoms with Crippen molar-refractivity contribution in [1.29, 1.82) is 0 Å². The van der Waals surface area contributed by atoms with Gasteiger partial charge in [0.1, 0.15) is 0 Å². The van der Waals surface area contributed by atoms with Crippen LogP contribution in [0.5, 0.6) is 0 Å². The smallest absolute Gasteiger partial charge is 0.233 e. The van der Waals surface area contributed by atoms with E-state index >= 15 is 0 Å². The van der Waals surface area contributed by atoms with Crippen LogP contribution in [0.1, 0.15) is 16.7 Å². The highest BCUT2D eigenvalue weighted by molar-refractivity contribution is 7.99. The highest BCUT2D eigenvalue weighted by Crippen LogP contribution is 2.26. The van der Waals surface area contributed by atoms with Crippen LogP contribution < -0.4 is 0 Å². The molecule has 0 unspecified atom stereocenters. The minimum atomic E-state index is 0.129. The predicted molar refractivity (Wildman–Crippen MR) is 125 cm³/mol. The van der Waals surface area contributed by atoms with Crippen molar-refractivity contribution in [3.63, 3.8) is 0 Å². The van der Waals surface area contributed by atoms with Gasteiger partial charge in [0.25, 0.3) is 0 Å². The Balaban J connectivity index is 1.34. The van der Waals surface area contributed by atoms with Crippen molar-refractivity contribution in [2.24, 2.45) is 0 Å². The number of thioether (sulfide) groups is 1. The van der Waals surface area contributed by atoms with Crippen LogP contribution in [0.3, 0.4) is 0 Å². The topological polar surface area (TPSA) is 63.9 Å². The van der Waals surface area contributed by atoms with Gasteiger partial charge in [-0.3, -0.25) is 14.3 Å². The van der Waals surface area contributed by atoms with Crippen molar-refractivity contribution in [2.75, 3.05) is 12.3 Å². The molecule has 0 saturated heterocycles. The van der Waals surface area contributed by atoms with Crippen molar-refractivity contribution in [3.8, 4) is 11.4 Å². The molecule has 0 atom stereocenters. The molecule has 1 amide bonds. The minimum absolute atomic E-state index is 0.129. The highest BCUT2D eigenvalue weighted by Gasteiger charge is 2.22. The molecule has 0 bridgehead atoms. The number of carbonyl (C=O) groups is 1. The van der Waals surface area contributed by atoms with Gasteiger partial charge in [0, 0.05) is 31.0 Å². The molecule has 5 rings (SSSR count). The standard InChI is InChI=1S/C25H23N5OS/c31-23(29-15-12-20-8-4-5-9-22(20)17-29)18-32-25-28-27-24(21-10-13-26-14-11-21)30(25)16-19-6-2-1-3-7-19/h1-11,13-14H,12,15-18H2. The molecule has 0 N–H and O–H groups in total. The van der Waals surface area contributed by atoms with Crippen LogP contribution in [0.4, 0.5) is 0 Å². The van der Waals surface area contributed by atoms with Gasteiger partial charge in [-0.1, -0.05) is 66.4 Å². The number of fused-ring (bicyclic) bond motifs is 1. The zero-order valence-corrected chi connectivity index (χ0v) is 18.4. The summed E-state index contributed by atoms with van der Waals surface area (Å²) in [5, 5.41) is 9.61. The van der Waals surface area contributed by atoms with E-state index in [2.05, 4.69) is 50.1 Å². The summed E-state index contributed by atoms with van der Waals surface area (Å²) < 4.78 is 2.08. The molecule has 0 aliphatic carbocycles. The van der Waals surface area contributed by atoms with Gasteiger partial charge in [-0.15, -0.1) is 10.2 Å². The average Bonchev–Trinajstić information content (AvgIpc) is 3.25. The molecular formula is C25H23N5OS. The summed E-state index contributed by atoms with van der Waals surface area (Å²) in [5.74, 6) is 1.24. The Kier molecular flexibility index (Phi) is 5.98. The average molecular weight is 442 g/mol. The number of amides is 1. The lowest BCUT2D eigenvalue weighted by molar-refractivity contribution is -0.129. The minimum Gasteiger partial charge on any atom is -0.337 e. The number of hydrogen-bond donors (Lipinski definition) is 0. The number of benzene rings is 2. The molecule has 0 radical (unpaired) electrons. The van der Waals surface area contributed by atoms with E-state index < -0.39 is 0 Å². The molecule has 1 aliphatic heterocycles. The number of hydrogen-bond acceptors (Lipinski definition) is 5. The molecule has 160 valence electrons. The number of pyridine rings is 1. The molecule has 4 aromatic rings. The molecule has 2 aromatic heterocycles. The lowest BCUT2D eigenvalue weighted by Gasteiger charge is -2.28. The SMILES string of the molecule is O=C(CSc1nnc(-c2ccncc2)n1Cc1ccccc1)N1CCc2ccccc2C1. The first kappa shape index (κ1) is 20.5. The van der Waals surface area contributed by atoms with Gasteiger partial charge >= 0.3 is 0 Å². The summed E-state index contributed by atoms with van der Waals surface area (Å²) in [6.07, 6.45) is 4.41. The van der Waals surface area contributed by atoms with E-state index in [0.29, 0.717) is 18.8 Å². The Morgan fingerprint density at radius 3 is 2.47 bits per heavy atom. The van der Waals surface area contributed by atoms with Crippen LogP contribution in [0, 0.1) is 0 Å². The fraction of sp³-hybridized carbons (Fsp3) is 0.200. The first-order valence-corrected chi connectivity index (χ1v) is 11.6. The van der Waals surface area contributed by atoms with Crippen molar-refractivity contribution >= 4 is 17.7 Å². The van der Waals surface area contributed by atoms with E-state index in [4.69, 9.17) is 0 Å². The Morgan fingerprint density at radius 2 is 1.66 bits per heavy atom. The zero-order valence-electron chi connectivity index (χ0n) is 17.6. The van der Waals surface area contributed by atoms with E-state index in [-0.39, 0.29) is 5.91 Å². The van der Waals surface area contributed by atoms with Crippen molar-refractivity contribution in [2.45, 2.75) is 24.7 Å². The van der Waals surface area contributed by atoms with E-state index in [9.17, 15) is 4.79 Å². The molecule has 2 aromatic carbocycles. The quantitative estimate of drug-likeness (QED) is 0.422. The Morgan fingerprint density at radius 1 is 0.906 bits per heavy atom. The second kappa shape index (κ2) is 9.36.